The molecule has 0 bridgehead atoms. The lowest BCUT2D eigenvalue weighted by Crippen LogP contribution is -2.38. The van der Waals surface area contributed by atoms with Crippen LogP contribution in [0.25, 0.3) is 0 Å². The van der Waals surface area contributed by atoms with Crippen molar-refractivity contribution < 1.29 is 14.0 Å². The molecule has 4 rings (SSSR count). The molecule has 0 spiro atoms. The van der Waals surface area contributed by atoms with Gasteiger partial charge in [-0.1, -0.05) is 56.3 Å². The molecular formula is C27H32N3O3PS. The number of rotatable bonds is 9. The Morgan fingerprint density at radius 3 is 2.14 bits per heavy atom. The molecule has 1 saturated heterocycles. The third-order valence-electron chi connectivity index (χ3n) is 6.17. The Labute approximate surface area is 213 Å². The topological polar surface area (TPSA) is 55.3 Å². The second-order valence-corrected chi connectivity index (χ2v) is 12.3. The van der Waals surface area contributed by atoms with E-state index in [0.717, 1.165) is 17.1 Å². The van der Waals surface area contributed by atoms with Crippen molar-refractivity contribution in [3.05, 3.63) is 95.6 Å². The number of methoxy groups -OCH3 is 1. The van der Waals surface area contributed by atoms with Gasteiger partial charge in [0, 0.05) is 18.5 Å². The van der Waals surface area contributed by atoms with Crippen LogP contribution in [-0.4, -0.2) is 44.3 Å². The molecule has 0 amide bonds. The number of hydrogen-bond acceptors (Lipinski definition) is 5. The second kappa shape index (κ2) is 11.4. The summed E-state index contributed by atoms with van der Waals surface area (Å²) in [5, 5.41) is 7.63. The summed E-state index contributed by atoms with van der Waals surface area (Å²) >= 11 is 6.06. The van der Waals surface area contributed by atoms with E-state index in [4.69, 9.17) is 25.8 Å². The predicted octanol–water partition coefficient (Wildman–Crippen LogP) is 5.58. The van der Waals surface area contributed by atoms with Gasteiger partial charge in [0.2, 0.25) is 0 Å². The molecule has 1 unspecified atom stereocenters. The summed E-state index contributed by atoms with van der Waals surface area (Å²) in [7, 11) is 1.65. The zero-order valence-electron chi connectivity index (χ0n) is 20.4. The fourth-order valence-electron chi connectivity index (χ4n) is 3.92. The number of hydrazone groups is 1. The van der Waals surface area contributed by atoms with Crippen LogP contribution in [-0.2, 0) is 22.0 Å². The average molecular weight is 510 g/mol. The maximum absolute atomic E-state index is 6.44. The lowest BCUT2D eigenvalue weighted by molar-refractivity contribution is 0.0712. The zero-order valence-corrected chi connectivity index (χ0v) is 22.1. The number of ether oxygens (including phenoxy) is 2. The number of benzene rings is 3. The highest BCUT2D eigenvalue weighted by atomic mass is 32.5. The molecule has 6 nitrogen and oxygen atoms in total. The van der Waals surface area contributed by atoms with E-state index in [0.29, 0.717) is 26.3 Å². The third-order valence-corrected chi connectivity index (χ3v) is 9.31. The highest BCUT2D eigenvalue weighted by Gasteiger charge is 2.30. The van der Waals surface area contributed by atoms with Gasteiger partial charge >= 0.3 is 0 Å². The van der Waals surface area contributed by atoms with E-state index in [9.17, 15) is 0 Å². The molecule has 3 aromatic rings. The van der Waals surface area contributed by atoms with Crippen LogP contribution in [0.1, 0.15) is 30.5 Å². The lowest BCUT2D eigenvalue weighted by Gasteiger charge is -2.36. The quantitative estimate of drug-likeness (QED) is 0.231. The first kappa shape index (κ1) is 25.4. The number of hydrogen-bond donors (Lipinski definition) is 1. The number of nitrogens with one attached hydrogen (secondary N) is 1. The molecule has 0 radical (unpaired) electrons. The summed E-state index contributed by atoms with van der Waals surface area (Å²) in [5.41, 5.74) is 3.29. The number of morpholine rings is 1. The van der Waals surface area contributed by atoms with Crippen molar-refractivity contribution in [2.24, 2.45) is 5.10 Å². The van der Waals surface area contributed by atoms with Crippen LogP contribution in [0.15, 0.2) is 84.0 Å². The summed E-state index contributed by atoms with van der Waals surface area (Å²) in [6.45, 7) is 4.42. The van der Waals surface area contributed by atoms with E-state index in [-0.39, 0.29) is 5.41 Å². The highest BCUT2D eigenvalue weighted by molar-refractivity contribution is 8.10. The van der Waals surface area contributed by atoms with Crippen molar-refractivity contribution in [2.45, 2.75) is 19.3 Å². The van der Waals surface area contributed by atoms with E-state index in [1.54, 1.807) is 13.3 Å². The van der Waals surface area contributed by atoms with Gasteiger partial charge in [-0.25, -0.2) is 9.87 Å². The average Bonchev–Trinajstić information content (AvgIpc) is 2.90. The van der Waals surface area contributed by atoms with Crippen LogP contribution in [0.2, 0.25) is 0 Å². The molecular weight excluding hydrogens is 477 g/mol. The van der Waals surface area contributed by atoms with Gasteiger partial charge in [-0.15, -0.1) is 0 Å². The van der Waals surface area contributed by atoms with Crippen LogP contribution in [0.3, 0.4) is 0 Å². The Balaban J connectivity index is 1.51. The Morgan fingerprint density at radius 2 is 1.51 bits per heavy atom. The number of nitrogens with zero attached hydrogens (tertiary/aromatic N) is 2. The van der Waals surface area contributed by atoms with Crippen molar-refractivity contribution in [1.82, 2.24) is 9.87 Å². The SMILES string of the molecule is COc1ccc(/C=N\NP(=S)(Oc2ccc(C(C)(C)c3ccccc3)cc2)N2CCOCC2)cc1. The molecule has 8 heteroatoms. The standard InChI is InChI=1S/C27H32N3O3PS/c1-27(2,23-7-5-4-6-8-23)24-11-15-26(16-12-24)33-34(35,30-17-19-32-20-18-30)29-28-21-22-9-13-25(31-3)14-10-22/h4-16,21H,17-20H2,1-3H3,(H,29,35)/b28-21-. The van der Waals surface area contributed by atoms with Crippen LogP contribution in [0.5, 0.6) is 11.5 Å². The minimum absolute atomic E-state index is 0.120. The molecule has 1 aliphatic rings. The van der Waals surface area contributed by atoms with Gasteiger partial charge in [-0.3, -0.25) is 0 Å². The summed E-state index contributed by atoms with van der Waals surface area (Å²) < 4.78 is 19.3. The predicted molar refractivity (Wildman–Crippen MR) is 146 cm³/mol. The summed E-state index contributed by atoms with van der Waals surface area (Å²) in [6.07, 6.45) is 1.75. The molecule has 1 N–H and O–H groups in total. The van der Waals surface area contributed by atoms with E-state index in [1.165, 1.54) is 11.1 Å². The first-order valence-corrected chi connectivity index (χ1v) is 14.3. The molecule has 0 saturated carbocycles. The van der Waals surface area contributed by atoms with E-state index in [2.05, 4.69) is 65.2 Å². The van der Waals surface area contributed by atoms with Gasteiger partial charge in [0.05, 0.1) is 26.5 Å². The Bertz CT molecular complexity index is 1160. The van der Waals surface area contributed by atoms with Gasteiger partial charge < -0.3 is 14.0 Å². The van der Waals surface area contributed by atoms with Crippen LogP contribution >= 0.6 is 6.57 Å². The van der Waals surface area contributed by atoms with Gasteiger partial charge in [-0.05, 0) is 64.9 Å². The fraction of sp³-hybridized carbons (Fsp3) is 0.296. The largest absolute Gasteiger partial charge is 0.497 e. The maximum atomic E-state index is 6.44. The molecule has 1 heterocycles. The molecule has 0 aromatic heterocycles. The van der Waals surface area contributed by atoms with Gasteiger partial charge in [0.1, 0.15) is 11.5 Å². The van der Waals surface area contributed by atoms with Crippen molar-refractivity contribution in [1.29, 1.82) is 0 Å². The summed E-state index contributed by atoms with van der Waals surface area (Å²) in [5.74, 6) is 1.52. The molecule has 3 aromatic carbocycles. The van der Waals surface area contributed by atoms with Gasteiger partial charge in [0.15, 0.2) is 0 Å². The van der Waals surface area contributed by atoms with Crippen LogP contribution in [0, 0.1) is 0 Å². The second-order valence-electron chi connectivity index (χ2n) is 8.82. The fourth-order valence-corrected chi connectivity index (χ4v) is 6.39. The van der Waals surface area contributed by atoms with E-state index < -0.39 is 6.57 Å². The van der Waals surface area contributed by atoms with Crippen LogP contribution < -0.4 is 14.5 Å². The molecule has 0 aliphatic carbocycles. The van der Waals surface area contributed by atoms with Crippen molar-refractivity contribution in [3.63, 3.8) is 0 Å². The molecule has 1 aliphatic heterocycles. The Kier molecular flexibility index (Phi) is 8.24. The van der Waals surface area contributed by atoms with Crippen molar-refractivity contribution >= 4 is 24.6 Å². The Morgan fingerprint density at radius 1 is 0.914 bits per heavy atom. The Hall–Kier alpha value is -2.70. The van der Waals surface area contributed by atoms with Crippen molar-refractivity contribution in [3.8, 4) is 11.5 Å². The summed E-state index contributed by atoms with van der Waals surface area (Å²) in [6, 6.07) is 26.4. The summed E-state index contributed by atoms with van der Waals surface area (Å²) in [4.78, 5) is 0. The minimum Gasteiger partial charge on any atom is -0.497 e. The third kappa shape index (κ3) is 6.30. The van der Waals surface area contributed by atoms with Gasteiger partial charge in [0.25, 0.3) is 6.57 Å². The maximum Gasteiger partial charge on any atom is 0.292 e. The van der Waals surface area contributed by atoms with Gasteiger partial charge in [-0.2, -0.15) is 5.10 Å². The monoisotopic (exact) mass is 509 g/mol. The first-order valence-electron chi connectivity index (χ1n) is 11.6. The zero-order chi connectivity index (χ0) is 24.7. The molecule has 184 valence electrons. The lowest BCUT2D eigenvalue weighted by atomic mass is 9.78. The van der Waals surface area contributed by atoms with Crippen molar-refractivity contribution in [2.75, 3.05) is 33.4 Å². The van der Waals surface area contributed by atoms with E-state index >= 15 is 0 Å². The molecule has 35 heavy (non-hydrogen) atoms. The molecule has 1 atom stereocenters. The molecule has 1 fully saturated rings. The minimum atomic E-state index is -2.67. The highest BCUT2D eigenvalue weighted by Crippen LogP contribution is 2.48. The first-order chi connectivity index (χ1) is 16.9. The van der Waals surface area contributed by atoms with E-state index in [1.807, 2.05) is 42.5 Å². The smallest absolute Gasteiger partial charge is 0.292 e. The normalized spacial score (nSPS) is 16.5. The van der Waals surface area contributed by atoms with Crippen LogP contribution in [0.4, 0.5) is 0 Å².